The fourth-order valence-corrected chi connectivity index (χ4v) is 1.70. The summed E-state index contributed by atoms with van der Waals surface area (Å²) in [5, 5.41) is 0. The normalized spacial score (nSPS) is 28.2. The van der Waals surface area contributed by atoms with Crippen molar-refractivity contribution in [2.45, 2.75) is 13.8 Å². The zero-order valence-electron chi connectivity index (χ0n) is 7.04. The van der Waals surface area contributed by atoms with E-state index in [4.69, 9.17) is 0 Å². The largest absolute Gasteiger partial charge is 0.345 e. The van der Waals surface area contributed by atoms with Crippen LogP contribution in [0.25, 0.3) is 0 Å². The molecule has 1 nitrogen and oxygen atoms in total. The van der Waals surface area contributed by atoms with Gasteiger partial charge in [0, 0.05) is 17.9 Å². The summed E-state index contributed by atoms with van der Waals surface area (Å²) in [6.07, 6.45) is 8.79. The molecule has 0 saturated carbocycles. The molecule has 0 amide bonds. The SMILES string of the molecule is CC1=CC=CC2=CC(C)CN12. The first-order chi connectivity index (χ1) is 5.27. The van der Waals surface area contributed by atoms with Gasteiger partial charge in [0.2, 0.25) is 0 Å². The van der Waals surface area contributed by atoms with Crippen LogP contribution in [0.2, 0.25) is 0 Å². The molecule has 58 valence electrons. The molecular formula is C10H13N. The quantitative estimate of drug-likeness (QED) is 0.508. The highest BCUT2D eigenvalue weighted by Crippen LogP contribution is 2.27. The molecule has 0 N–H and O–H groups in total. The molecule has 2 aliphatic rings. The van der Waals surface area contributed by atoms with Crippen molar-refractivity contribution < 1.29 is 0 Å². The average molecular weight is 147 g/mol. The van der Waals surface area contributed by atoms with Crippen molar-refractivity contribution in [1.82, 2.24) is 4.90 Å². The van der Waals surface area contributed by atoms with Crippen LogP contribution >= 0.6 is 0 Å². The van der Waals surface area contributed by atoms with Crippen molar-refractivity contribution in [3.63, 3.8) is 0 Å². The number of nitrogens with zero attached hydrogens (tertiary/aromatic N) is 1. The van der Waals surface area contributed by atoms with Gasteiger partial charge in [0.25, 0.3) is 0 Å². The highest BCUT2D eigenvalue weighted by molar-refractivity contribution is 5.34. The third-order valence-electron chi connectivity index (χ3n) is 2.27. The van der Waals surface area contributed by atoms with E-state index in [1.54, 1.807) is 0 Å². The van der Waals surface area contributed by atoms with Gasteiger partial charge in [-0.15, -0.1) is 0 Å². The van der Waals surface area contributed by atoms with Crippen LogP contribution in [0.15, 0.2) is 35.7 Å². The van der Waals surface area contributed by atoms with Gasteiger partial charge in [-0.25, -0.2) is 0 Å². The van der Waals surface area contributed by atoms with Crippen molar-refractivity contribution in [3.05, 3.63) is 35.7 Å². The Morgan fingerprint density at radius 3 is 3.09 bits per heavy atom. The molecular weight excluding hydrogens is 134 g/mol. The Balaban J connectivity index is 2.33. The number of rotatable bonds is 0. The third-order valence-corrected chi connectivity index (χ3v) is 2.27. The molecule has 0 radical (unpaired) electrons. The molecule has 11 heavy (non-hydrogen) atoms. The summed E-state index contributed by atoms with van der Waals surface area (Å²) < 4.78 is 0. The van der Waals surface area contributed by atoms with Gasteiger partial charge < -0.3 is 4.90 Å². The van der Waals surface area contributed by atoms with Crippen LogP contribution in [0, 0.1) is 5.92 Å². The van der Waals surface area contributed by atoms with E-state index in [0.717, 1.165) is 6.54 Å². The molecule has 2 heterocycles. The molecule has 0 fully saturated rings. The highest BCUT2D eigenvalue weighted by Gasteiger charge is 2.20. The predicted molar refractivity (Wildman–Crippen MR) is 46.9 cm³/mol. The number of fused-ring (bicyclic) bond motifs is 1. The van der Waals surface area contributed by atoms with Crippen molar-refractivity contribution in [3.8, 4) is 0 Å². The number of allylic oxidation sites excluding steroid dienone is 4. The fourth-order valence-electron chi connectivity index (χ4n) is 1.70. The zero-order chi connectivity index (χ0) is 7.84. The Morgan fingerprint density at radius 2 is 2.36 bits per heavy atom. The first kappa shape index (κ1) is 6.71. The summed E-state index contributed by atoms with van der Waals surface area (Å²) in [6, 6.07) is 0. The standard InChI is InChI=1S/C10H13N/c1-8-6-10-5-3-4-9(2)11(10)7-8/h3-6,8H,7H2,1-2H3. The van der Waals surface area contributed by atoms with Gasteiger partial charge in [-0.1, -0.05) is 19.1 Å². The molecule has 0 aromatic carbocycles. The minimum atomic E-state index is 0.705. The molecule has 2 rings (SSSR count). The lowest BCUT2D eigenvalue weighted by atomic mass is 10.2. The number of hydrogen-bond donors (Lipinski definition) is 0. The van der Waals surface area contributed by atoms with Gasteiger partial charge in [-0.2, -0.15) is 0 Å². The molecule has 0 aromatic rings. The van der Waals surface area contributed by atoms with Crippen LogP contribution in [0.5, 0.6) is 0 Å². The van der Waals surface area contributed by atoms with E-state index in [1.165, 1.54) is 11.4 Å². The molecule has 0 bridgehead atoms. The van der Waals surface area contributed by atoms with Crippen LogP contribution in [-0.4, -0.2) is 11.4 Å². The van der Waals surface area contributed by atoms with E-state index in [-0.39, 0.29) is 0 Å². The molecule has 0 aromatic heterocycles. The van der Waals surface area contributed by atoms with Crippen LogP contribution in [0.4, 0.5) is 0 Å². The Bertz CT molecular complexity index is 258. The van der Waals surface area contributed by atoms with Gasteiger partial charge in [0.05, 0.1) is 0 Å². The summed E-state index contributed by atoms with van der Waals surface area (Å²) >= 11 is 0. The van der Waals surface area contributed by atoms with E-state index in [2.05, 4.69) is 43.1 Å². The topological polar surface area (TPSA) is 3.24 Å². The van der Waals surface area contributed by atoms with E-state index in [1.807, 2.05) is 0 Å². The molecule has 2 aliphatic heterocycles. The number of hydrogen-bond acceptors (Lipinski definition) is 1. The maximum Gasteiger partial charge on any atom is 0.0371 e. The molecule has 0 aliphatic carbocycles. The third kappa shape index (κ3) is 1.01. The van der Waals surface area contributed by atoms with Crippen LogP contribution in [-0.2, 0) is 0 Å². The Kier molecular flexibility index (Phi) is 1.38. The summed E-state index contributed by atoms with van der Waals surface area (Å²) in [4.78, 5) is 2.37. The van der Waals surface area contributed by atoms with Gasteiger partial charge >= 0.3 is 0 Å². The molecule has 1 unspecified atom stereocenters. The summed E-state index contributed by atoms with van der Waals surface area (Å²) in [5.41, 5.74) is 2.74. The van der Waals surface area contributed by atoms with Crippen LogP contribution in [0.3, 0.4) is 0 Å². The van der Waals surface area contributed by atoms with E-state index in [0.29, 0.717) is 5.92 Å². The van der Waals surface area contributed by atoms with Crippen molar-refractivity contribution >= 4 is 0 Å². The van der Waals surface area contributed by atoms with Crippen molar-refractivity contribution in [1.29, 1.82) is 0 Å². The van der Waals surface area contributed by atoms with Gasteiger partial charge in [0.1, 0.15) is 0 Å². The molecule has 0 spiro atoms. The van der Waals surface area contributed by atoms with Crippen LogP contribution in [0.1, 0.15) is 13.8 Å². The first-order valence-electron chi connectivity index (χ1n) is 4.12. The second-order valence-corrected chi connectivity index (χ2v) is 3.35. The second kappa shape index (κ2) is 2.26. The van der Waals surface area contributed by atoms with E-state index >= 15 is 0 Å². The maximum absolute atomic E-state index is 2.37. The fraction of sp³-hybridized carbons (Fsp3) is 0.400. The summed E-state index contributed by atoms with van der Waals surface area (Å²) in [7, 11) is 0. The van der Waals surface area contributed by atoms with Gasteiger partial charge in [-0.3, -0.25) is 0 Å². The lowest BCUT2D eigenvalue weighted by Gasteiger charge is -2.23. The van der Waals surface area contributed by atoms with E-state index < -0.39 is 0 Å². The Morgan fingerprint density at radius 1 is 1.55 bits per heavy atom. The summed E-state index contributed by atoms with van der Waals surface area (Å²) in [5.74, 6) is 0.705. The van der Waals surface area contributed by atoms with Crippen LogP contribution < -0.4 is 0 Å². The maximum atomic E-state index is 2.37. The lowest BCUT2D eigenvalue weighted by molar-refractivity contribution is 0.438. The smallest absolute Gasteiger partial charge is 0.0371 e. The predicted octanol–water partition coefficient (Wildman–Crippen LogP) is 2.30. The minimum absolute atomic E-state index is 0.705. The van der Waals surface area contributed by atoms with Crippen molar-refractivity contribution in [2.75, 3.05) is 6.54 Å². The zero-order valence-corrected chi connectivity index (χ0v) is 7.04. The second-order valence-electron chi connectivity index (χ2n) is 3.35. The van der Waals surface area contributed by atoms with E-state index in [9.17, 15) is 0 Å². The van der Waals surface area contributed by atoms with Gasteiger partial charge in [0.15, 0.2) is 0 Å². The minimum Gasteiger partial charge on any atom is -0.345 e. The highest BCUT2D eigenvalue weighted by atomic mass is 15.2. The Hall–Kier alpha value is -0.980. The summed E-state index contributed by atoms with van der Waals surface area (Å²) in [6.45, 7) is 5.57. The molecule has 1 atom stereocenters. The first-order valence-corrected chi connectivity index (χ1v) is 4.12. The average Bonchev–Trinajstić information content (AvgIpc) is 2.31. The Labute approximate surface area is 67.7 Å². The monoisotopic (exact) mass is 147 g/mol. The molecule has 0 saturated heterocycles. The lowest BCUT2D eigenvalue weighted by Crippen LogP contribution is -2.19. The molecule has 1 heteroatoms. The van der Waals surface area contributed by atoms with Crippen molar-refractivity contribution in [2.24, 2.45) is 5.92 Å². The van der Waals surface area contributed by atoms with Gasteiger partial charge in [-0.05, 0) is 25.0 Å².